The van der Waals surface area contributed by atoms with Gasteiger partial charge in [0.2, 0.25) is 0 Å². The van der Waals surface area contributed by atoms with Crippen LogP contribution in [0.15, 0.2) is 30.5 Å². The Morgan fingerprint density at radius 1 is 1.35 bits per heavy atom. The van der Waals surface area contributed by atoms with Gasteiger partial charge in [0.25, 0.3) is 5.91 Å². The minimum atomic E-state index is -0.577. The molecule has 3 rings (SSSR count). The average Bonchev–Trinajstić information content (AvgIpc) is 3.04. The van der Waals surface area contributed by atoms with Crippen LogP contribution < -0.4 is 0 Å². The van der Waals surface area contributed by atoms with E-state index in [0.717, 1.165) is 19.3 Å². The fraction of sp³-hybridized carbons (Fsp3) is 0.438. The Morgan fingerprint density at radius 3 is 2.78 bits per heavy atom. The third-order valence-corrected chi connectivity index (χ3v) is 4.14. The van der Waals surface area contributed by atoms with Gasteiger partial charge in [0, 0.05) is 6.54 Å². The maximum Gasteiger partial charge on any atom is 0.276 e. The minimum absolute atomic E-state index is 0.188. The van der Waals surface area contributed by atoms with Crippen LogP contribution in [-0.2, 0) is 0 Å². The molecule has 1 aliphatic heterocycles. The van der Waals surface area contributed by atoms with Gasteiger partial charge in [-0.2, -0.15) is 9.90 Å². The van der Waals surface area contributed by atoms with Crippen molar-refractivity contribution in [1.82, 2.24) is 19.9 Å². The van der Waals surface area contributed by atoms with Crippen LogP contribution in [0.2, 0.25) is 0 Å². The first-order valence-corrected chi connectivity index (χ1v) is 7.73. The summed E-state index contributed by atoms with van der Waals surface area (Å²) in [6, 6.07) is 5.53. The molecule has 0 spiro atoms. The monoisotopic (exact) mass is 318 g/mol. The second-order valence-electron chi connectivity index (χ2n) is 5.80. The van der Waals surface area contributed by atoms with E-state index in [-0.39, 0.29) is 23.5 Å². The Bertz CT molecular complexity index is 684. The number of aromatic nitrogens is 3. The fourth-order valence-corrected chi connectivity index (χ4v) is 2.92. The minimum Gasteiger partial charge on any atom is -0.391 e. The highest BCUT2D eigenvalue weighted by Crippen LogP contribution is 2.21. The first kappa shape index (κ1) is 15.6. The van der Waals surface area contributed by atoms with Gasteiger partial charge >= 0.3 is 0 Å². The summed E-state index contributed by atoms with van der Waals surface area (Å²) in [6.45, 7) is 2.31. The molecule has 0 aliphatic carbocycles. The quantitative estimate of drug-likeness (QED) is 0.936. The summed E-state index contributed by atoms with van der Waals surface area (Å²) in [4.78, 5) is 15.6. The summed E-state index contributed by atoms with van der Waals surface area (Å²) in [5.41, 5.74) is 0.804. The predicted octanol–water partition coefficient (Wildman–Crippen LogP) is 1.78. The number of likely N-dealkylation sites (tertiary alicyclic amines) is 1. The first-order chi connectivity index (χ1) is 11.1. The number of hydrogen-bond acceptors (Lipinski definition) is 4. The van der Waals surface area contributed by atoms with E-state index in [1.807, 2.05) is 0 Å². The van der Waals surface area contributed by atoms with Gasteiger partial charge in [0.15, 0.2) is 5.69 Å². The molecule has 1 N–H and O–H groups in total. The normalized spacial score (nSPS) is 19.6. The van der Waals surface area contributed by atoms with Crippen molar-refractivity contribution in [3.63, 3.8) is 0 Å². The molecule has 1 aliphatic rings. The van der Waals surface area contributed by atoms with Crippen LogP contribution in [0.5, 0.6) is 0 Å². The lowest BCUT2D eigenvalue weighted by molar-refractivity contribution is 0.0276. The molecule has 2 heterocycles. The van der Waals surface area contributed by atoms with Crippen molar-refractivity contribution in [2.24, 2.45) is 0 Å². The fourth-order valence-electron chi connectivity index (χ4n) is 2.92. The number of rotatable bonds is 3. The molecule has 1 amide bonds. The number of carbonyl (C=O) groups is 1. The Hall–Kier alpha value is -2.28. The molecular weight excluding hydrogens is 299 g/mol. The van der Waals surface area contributed by atoms with E-state index in [1.165, 1.54) is 23.1 Å². The molecule has 1 fully saturated rings. The maximum atomic E-state index is 13.0. The van der Waals surface area contributed by atoms with Gasteiger partial charge in [0.1, 0.15) is 5.82 Å². The maximum absolute atomic E-state index is 13.0. The van der Waals surface area contributed by atoms with Crippen molar-refractivity contribution in [3.05, 3.63) is 42.0 Å². The Kier molecular flexibility index (Phi) is 4.38. The lowest BCUT2D eigenvalue weighted by Crippen LogP contribution is -2.49. The second-order valence-corrected chi connectivity index (χ2v) is 5.80. The van der Waals surface area contributed by atoms with E-state index in [2.05, 4.69) is 10.2 Å². The van der Waals surface area contributed by atoms with Crippen molar-refractivity contribution >= 4 is 5.91 Å². The molecule has 0 saturated carbocycles. The van der Waals surface area contributed by atoms with Crippen LogP contribution in [0, 0.1) is 5.82 Å². The van der Waals surface area contributed by atoms with Crippen LogP contribution in [0.4, 0.5) is 4.39 Å². The van der Waals surface area contributed by atoms with Crippen LogP contribution >= 0.6 is 0 Å². The molecule has 2 unspecified atom stereocenters. The van der Waals surface area contributed by atoms with Gasteiger partial charge in [-0.15, -0.1) is 5.10 Å². The smallest absolute Gasteiger partial charge is 0.276 e. The van der Waals surface area contributed by atoms with Crippen LogP contribution in [0.1, 0.15) is 36.7 Å². The zero-order chi connectivity index (χ0) is 16.4. The van der Waals surface area contributed by atoms with Gasteiger partial charge in [-0.1, -0.05) is 0 Å². The number of nitrogens with zero attached hydrogens (tertiary/aromatic N) is 4. The van der Waals surface area contributed by atoms with Crippen molar-refractivity contribution in [2.75, 3.05) is 6.54 Å². The number of amides is 1. The van der Waals surface area contributed by atoms with E-state index in [1.54, 1.807) is 24.0 Å². The van der Waals surface area contributed by atoms with Gasteiger partial charge in [0.05, 0.1) is 24.0 Å². The summed E-state index contributed by atoms with van der Waals surface area (Å²) in [5.74, 6) is -0.575. The molecular formula is C16H19FN4O2. The molecule has 122 valence electrons. The zero-order valence-electron chi connectivity index (χ0n) is 12.9. The van der Waals surface area contributed by atoms with E-state index >= 15 is 0 Å². The lowest BCUT2D eigenvalue weighted by atomic mass is 9.98. The summed E-state index contributed by atoms with van der Waals surface area (Å²) in [6.07, 6.45) is 3.53. The number of aliphatic hydroxyl groups is 1. The van der Waals surface area contributed by atoms with Crippen LogP contribution in [0.3, 0.4) is 0 Å². The number of hydrogen-bond donors (Lipinski definition) is 1. The first-order valence-electron chi connectivity index (χ1n) is 7.73. The highest BCUT2D eigenvalue weighted by Gasteiger charge is 2.31. The van der Waals surface area contributed by atoms with Gasteiger partial charge in [-0.3, -0.25) is 4.79 Å². The van der Waals surface area contributed by atoms with Gasteiger partial charge in [-0.25, -0.2) is 4.39 Å². The Morgan fingerprint density at radius 2 is 2.09 bits per heavy atom. The molecule has 2 aromatic rings. The Labute approximate surface area is 133 Å². The van der Waals surface area contributed by atoms with Crippen LogP contribution in [0.25, 0.3) is 5.69 Å². The predicted molar refractivity (Wildman–Crippen MR) is 81.7 cm³/mol. The molecule has 1 saturated heterocycles. The van der Waals surface area contributed by atoms with E-state index < -0.39 is 6.10 Å². The molecule has 0 radical (unpaired) electrons. The second kappa shape index (κ2) is 6.45. The van der Waals surface area contributed by atoms with Crippen LogP contribution in [-0.4, -0.2) is 49.6 Å². The third-order valence-electron chi connectivity index (χ3n) is 4.14. The van der Waals surface area contributed by atoms with E-state index in [0.29, 0.717) is 12.2 Å². The zero-order valence-corrected chi connectivity index (χ0v) is 12.9. The average molecular weight is 318 g/mol. The molecule has 1 aromatic heterocycles. The lowest BCUT2D eigenvalue weighted by Gasteiger charge is -2.36. The molecule has 0 bridgehead atoms. The SMILES string of the molecule is CC(O)C1CCCCN1C(=O)c1cnn(-c2ccc(F)cc2)n1. The summed E-state index contributed by atoms with van der Waals surface area (Å²) >= 11 is 0. The number of benzene rings is 1. The third kappa shape index (κ3) is 3.24. The van der Waals surface area contributed by atoms with Crippen molar-refractivity contribution in [2.45, 2.75) is 38.3 Å². The van der Waals surface area contributed by atoms with E-state index in [4.69, 9.17) is 0 Å². The topological polar surface area (TPSA) is 71.2 Å². The molecule has 1 aromatic carbocycles. The van der Waals surface area contributed by atoms with E-state index in [9.17, 15) is 14.3 Å². The molecule has 6 nitrogen and oxygen atoms in total. The largest absolute Gasteiger partial charge is 0.391 e. The highest BCUT2D eigenvalue weighted by atomic mass is 19.1. The Balaban J connectivity index is 1.81. The van der Waals surface area contributed by atoms with Gasteiger partial charge in [-0.05, 0) is 50.5 Å². The molecule has 2 atom stereocenters. The summed E-state index contributed by atoms with van der Waals surface area (Å²) < 4.78 is 13.0. The number of piperidine rings is 1. The number of halogens is 1. The van der Waals surface area contributed by atoms with Crippen molar-refractivity contribution in [1.29, 1.82) is 0 Å². The van der Waals surface area contributed by atoms with Crippen molar-refractivity contribution < 1.29 is 14.3 Å². The van der Waals surface area contributed by atoms with Gasteiger partial charge < -0.3 is 10.0 Å². The highest BCUT2D eigenvalue weighted by molar-refractivity contribution is 5.92. The molecule has 7 heteroatoms. The number of aliphatic hydroxyl groups excluding tert-OH is 1. The summed E-state index contributed by atoms with van der Waals surface area (Å²) in [5, 5.41) is 18.1. The van der Waals surface area contributed by atoms with Crippen molar-refractivity contribution in [3.8, 4) is 5.69 Å². The standard InChI is InChI=1S/C16H19FN4O2/c1-11(22)15-4-2-3-9-20(15)16(23)14-10-18-21(19-14)13-7-5-12(17)6-8-13/h5-8,10-11,15,22H,2-4,9H2,1H3. The number of carbonyl (C=O) groups excluding carboxylic acids is 1. The summed E-state index contributed by atoms with van der Waals surface area (Å²) in [7, 11) is 0. The molecule has 23 heavy (non-hydrogen) atoms.